The number of hydrogen-bond acceptors (Lipinski definition) is 3. The summed E-state index contributed by atoms with van der Waals surface area (Å²) in [5, 5.41) is 27.0. The Morgan fingerprint density at radius 2 is 2.07 bits per heavy atom. The van der Waals surface area contributed by atoms with Crippen molar-refractivity contribution < 1.29 is 20.1 Å². The molecule has 0 aliphatic rings. The molecule has 0 aliphatic carbocycles. The minimum atomic E-state index is -1.16. The Balaban J connectivity index is 3.24. The first kappa shape index (κ1) is 10.5. The zero-order chi connectivity index (χ0) is 10.7. The topological polar surface area (TPSA) is 77.8 Å². The van der Waals surface area contributed by atoms with Gasteiger partial charge in [0.2, 0.25) is 0 Å². The van der Waals surface area contributed by atoms with Crippen LogP contribution in [-0.4, -0.2) is 27.9 Å². The van der Waals surface area contributed by atoms with Crippen LogP contribution in [0, 0.1) is 6.92 Å². The van der Waals surface area contributed by atoms with Gasteiger partial charge in [-0.05, 0) is 30.5 Å². The van der Waals surface area contributed by atoms with E-state index in [0.29, 0.717) is 5.56 Å². The van der Waals surface area contributed by atoms with E-state index in [2.05, 4.69) is 0 Å². The summed E-state index contributed by atoms with van der Waals surface area (Å²) in [6, 6.07) is 3.07. The summed E-state index contributed by atoms with van der Waals surface area (Å²) in [4.78, 5) is 10.7. The average Bonchev–Trinajstić information content (AvgIpc) is 2.10. The zero-order valence-electron chi connectivity index (χ0n) is 7.82. The fraction of sp³-hybridized carbons (Fsp3) is 0.300. The van der Waals surface area contributed by atoms with E-state index in [9.17, 15) is 9.90 Å². The third kappa shape index (κ3) is 2.03. The number of rotatable bonds is 3. The molecule has 3 N–H and O–H groups in total. The summed E-state index contributed by atoms with van der Waals surface area (Å²) >= 11 is 0. The highest BCUT2D eigenvalue weighted by molar-refractivity contribution is 5.91. The van der Waals surface area contributed by atoms with Crippen LogP contribution in [-0.2, 0) is 6.42 Å². The van der Waals surface area contributed by atoms with Crippen LogP contribution in [0.3, 0.4) is 0 Å². The highest BCUT2D eigenvalue weighted by Gasteiger charge is 2.13. The number of carboxylic acids is 1. The minimum Gasteiger partial charge on any atom is -0.507 e. The van der Waals surface area contributed by atoms with Crippen molar-refractivity contribution in [2.75, 3.05) is 6.61 Å². The van der Waals surface area contributed by atoms with E-state index >= 15 is 0 Å². The number of aryl methyl sites for hydroxylation is 1. The van der Waals surface area contributed by atoms with Crippen LogP contribution in [0.1, 0.15) is 21.5 Å². The molecule has 0 fully saturated rings. The van der Waals surface area contributed by atoms with Gasteiger partial charge in [-0.2, -0.15) is 0 Å². The third-order valence-electron chi connectivity index (χ3n) is 1.94. The second-order valence-electron chi connectivity index (χ2n) is 3.10. The maximum Gasteiger partial charge on any atom is 0.339 e. The molecule has 0 aliphatic heterocycles. The average molecular weight is 196 g/mol. The minimum absolute atomic E-state index is 0.115. The summed E-state index contributed by atoms with van der Waals surface area (Å²) < 4.78 is 0. The van der Waals surface area contributed by atoms with Crippen LogP contribution in [0.5, 0.6) is 5.75 Å². The van der Waals surface area contributed by atoms with Crippen molar-refractivity contribution in [3.05, 3.63) is 28.8 Å². The molecule has 0 atom stereocenters. The Hall–Kier alpha value is -1.55. The number of aliphatic hydroxyl groups is 1. The lowest BCUT2D eigenvalue weighted by molar-refractivity contribution is 0.0693. The van der Waals surface area contributed by atoms with Gasteiger partial charge in [-0.1, -0.05) is 6.07 Å². The number of carbonyl (C=O) groups is 1. The van der Waals surface area contributed by atoms with Crippen molar-refractivity contribution in [1.82, 2.24) is 0 Å². The van der Waals surface area contributed by atoms with Crippen LogP contribution in [0.4, 0.5) is 0 Å². The van der Waals surface area contributed by atoms with Crippen LogP contribution in [0.2, 0.25) is 0 Å². The maximum absolute atomic E-state index is 10.7. The Kier molecular flexibility index (Phi) is 3.09. The molecule has 0 heterocycles. The largest absolute Gasteiger partial charge is 0.507 e. The van der Waals surface area contributed by atoms with Crippen molar-refractivity contribution >= 4 is 5.97 Å². The molecule has 14 heavy (non-hydrogen) atoms. The van der Waals surface area contributed by atoms with Gasteiger partial charge >= 0.3 is 5.97 Å². The molecule has 1 rings (SSSR count). The number of carboxylic acid groups (broad SMARTS) is 1. The summed E-state index contributed by atoms with van der Waals surface area (Å²) in [5.41, 5.74) is 1.10. The summed E-state index contributed by atoms with van der Waals surface area (Å²) in [5.74, 6) is -1.41. The summed E-state index contributed by atoms with van der Waals surface area (Å²) in [6.45, 7) is 1.63. The van der Waals surface area contributed by atoms with Gasteiger partial charge in [0, 0.05) is 6.61 Å². The van der Waals surface area contributed by atoms with E-state index in [4.69, 9.17) is 10.2 Å². The molecule has 0 saturated heterocycles. The Bertz CT molecular complexity index is 357. The van der Waals surface area contributed by atoms with Crippen LogP contribution >= 0.6 is 0 Å². The van der Waals surface area contributed by atoms with E-state index in [0.717, 1.165) is 5.56 Å². The molecule has 0 radical (unpaired) electrons. The van der Waals surface area contributed by atoms with E-state index in [1.807, 2.05) is 0 Å². The standard InChI is InChI=1S/C10H12O4/c1-6-4-7(2-3-11)9(12)8(5-6)10(13)14/h4-5,11-12H,2-3H2,1H3,(H,13,14). The van der Waals surface area contributed by atoms with Crippen LogP contribution < -0.4 is 0 Å². The first-order valence-electron chi connectivity index (χ1n) is 4.23. The second-order valence-corrected chi connectivity index (χ2v) is 3.10. The smallest absolute Gasteiger partial charge is 0.339 e. The number of hydrogen-bond donors (Lipinski definition) is 3. The predicted octanol–water partition coefficient (Wildman–Crippen LogP) is 0.934. The van der Waals surface area contributed by atoms with E-state index in [1.54, 1.807) is 13.0 Å². The molecule has 76 valence electrons. The lowest BCUT2D eigenvalue weighted by Crippen LogP contribution is -2.01. The van der Waals surface area contributed by atoms with Crippen LogP contribution in [0.25, 0.3) is 0 Å². The number of benzene rings is 1. The van der Waals surface area contributed by atoms with Gasteiger partial charge < -0.3 is 15.3 Å². The van der Waals surface area contributed by atoms with E-state index < -0.39 is 5.97 Å². The van der Waals surface area contributed by atoms with Gasteiger partial charge in [-0.3, -0.25) is 0 Å². The number of aromatic carboxylic acids is 1. The first-order valence-corrected chi connectivity index (χ1v) is 4.23. The van der Waals surface area contributed by atoms with Crippen LogP contribution in [0.15, 0.2) is 12.1 Å². The summed E-state index contributed by atoms with van der Waals surface area (Å²) in [6.07, 6.45) is 0.258. The predicted molar refractivity (Wildman–Crippen MR) is 50.6 cm³/mol. The first-order chi connectivity index (χ1) is 6.56. The third-order valence-corrected chi connectivity index (χ3v) is 1.94. The second kappa shape index (κ2) is 4.11. The SMILES string of the molecule is Cc1cc(CCO)c(O)c(C(=O)O)c1. The molecule has 1 aromatic carbocycles. The van der Waals surface area contributed by atoms with Crippen molar-refractivity contribution in [3.8, 4) is 5.75 Å². The highest BCUT2D eigenvalue weighted by atomic mass is 16.4. The van der Waals surface area contributed by atoms with Gasteiger partial charge in [0.25, 0.3) is 0 Å². The lowest BCUT2D eigenvalue weighted by Gasteiger charge is -2.07. The molecule has 4 nitrogen and oxygen atoms in total. The van der Waals surface area contributed by atoms with Crippen molar-refractivity contribution in [1.29, 1.82) is 0 Å². The van der Waals surface area contributed by atoms with Gasteiger partial charge in [0.05, 0.1) is 0 Å². The number of aromatic hydroxyl groups is 1. The number of aliphatic hydroxyl groups excluding tert-OH is 1. The number of phenols is 1. The monoisotopic (exact) mass is 196 g/mol. The molecule has 0 aromatic heterocycles. The Morgan fingerprint density at radius 3 is 2.57 bits per heavy atom. The van der Waals surface area contributed by atoms with Gasteiger partial charge in [0.15, 0.2) is 0 Å². The molecular weight excluding hydrogens is 184 g/mol. The van der Waals surface area contributed by atoms with Gasteiger partial charge in [0.1, 0.15) is 11.3 Å². The summed E-state index contributed by atoms with van der Waals surface area (Å²) in [7, 11) is 0. The molecule has 0 unspecified atom stereocenters. The quantitative estimate of drug-likeness (QED) is 0.672. The highest BCUT2D eigenvalue weighted by Crippen LogP contribution is 2.24. The fourth-order valence-electron chi connectivity index (χ4n) is 1.33. The molecule has 0 bridgehead atoms. The molecule has 4 heteroatoms. The van der Waals surface area contributed by atoms with E-state index in [-0.39, 0.29) is 24.3 Å². The zero-order valence-corrected chi connectivity index (χ0v) is 7.82. The molecule has 0 saturated carbocycles. The van der Waals surface area contributed by atoms with Gasteiger partial charge in [-0.15, -0.1) is 0 Å². The molecule has 1 aromatic rings. The van der Waals surface area contributed by atoms with E-state index in [1.165, 1.54) is 6.07 Å². The van der Waals surface area contributed by atoms with Gasteiger partial charge in [-0.25, -0.2) is 4.79 Å². The fourth-order valence-corrected chi connectivity index (χ4v) is 1.33. The Morgan fingerprint density at radius 1 is 1.43 bits per heavy atom. The normalized spacial score (nSPS) is 10.1. The van der Waals surface area contributed by atoms with Crippen molar-refractivity contribution in [3.63, 3.8) is 0 Å². The maximum atomic E-state index is 10.7. The lowest BCUT2D eigenvalue weighted by atomic mass is 10.0. The molecular formula is C10H12O4. The molecule has 0 amide bonds. The van der Waals surface area contributed by atoms with Crippen molar-refractivity contribution in [2.24, 2.45) is 0 Å². The molecule has 0 spiro atoms. The van der Waals surface area contributed by atoms with Crippen molar-refractivity contribution in [2.45, 2.75) is 13.3 Å². The Labute approximate surface area is 81.4 Å².